The number of hydrogen-bond acceptors (Lipinski definition) is 7. The number of carbonyl (C=O) groups is 5. The molecule has 0 radical (unpaired) electrons. The molecule has 0 saturated carbocycles. The highest BCUT2D eigenvalue weighted by atomic mass is 32.2. The lowest BCUT2D eigenvalue weighted by Crippen LogP contribution is -2.63. The third-order valence-electron chi connectivity index (χ3n) is 6.65. The SMILES string of the molecule is C[C@@H](O)[C@H]1C(=O)N2C(C=O)=C(S[C@H]3C[C@@H](C(=O)Nc4cccc(C=O)c4)N(C(=O)O)C3)[C@H](C)[C@H]12. The third-order valence-corrected chi connectivity index (χ3v) is 8.16. The summed E-state index contributed by atoms with van der Waals surface area (Å²) in [5.74, 6) is -1.58. The molecule has 2 saturated heterocycles. The van der Waals surface area contributed by atoms with Crippen molar-refractivity contribution in [1.82, 2.24) is 9.80 Å². The van der Waals surface area contributed by atoms with E-state index in [1.54, 1.807) is 25.1 Å². The first-order valence-corrected chi connectivity index (χ1v) is 11.8. The summed E-state index contributed by atoms with van der Waals surface area (Å²) in [6, 6.07) is 5.05. The number of carbonyl (C=O) groups excluding carboxylic acids is 4. The maximum Gasteiger partial charge on any atom is 0.408 e. The van der Waals surface area contributed by atoms with Gasteiger partial charge in [0.2, 0.25) is 11.8 Å². The van der Waals surface area contributed by atoms with Crippen molar-refractivity contribution < 1.29 is 34.2 Å². The number of hydrogen-bond donors (Lipinski definition) is 3. The molecule has 3 amide bonds. The number of amides is 3. The van der Waals surface area contributed by atoms with Crippen molar-refractivity contribution in [2.45, 2.75) is 43.7 Å². The van der Waals surface area contributed by atoms with Crippen LogP contribution < -0.4 is 5.32 Å². The molecule has 3 aliphatic heterocycles. The summed E-state index contributed by atoms with van der Waals surface area (Å²) in [6.07, 6.45) is -0.575. The zero-order valence-corrected chi connectivity index (χ0v) is 19.4. The van der Waals surface area contributed by atoms with Crippen molar-refractivity contribution in [3.63, 3.8) is 0 Å². The fourth-order valence-corrected chi connectivity index (χ4v) is 6.56. The molecule has 34 heavy (non-hydrogen) atoms. The van der Waals surface area contributed by atoms with E-state index >= 15 is 0 Å². The number of nitrogens with zero attached hydrogens (tertiary/aromatic N) is 2. The van der Waals surface area contributed by atoms with Crippen LogP contribution in [-0.2, 0) is 14.4 Å². The Kier molecular flexibility index (Phi) is 6.50. The summed E-state index contributed by atoms with van der Waals surface area (Å²) in [6.45, 7) is 3.51. The van der Waals surface area contributed by atoms with Crippen LogP contribution in [0.3, 0.4) is 0 Å². The van der Waals surface area contributed by atoms with Gasteiger partial charge < -0.3 is 20.4 Å². The van der Waals surface area contributed by atoms with Gasteiger partial charge in [0.1, 0.15) is 12.3 Å². The second-order valence-electron chi connectivity index (χ2n) is 8.78. The Morgan fingerprint density at radius 1 is 1.26 bits per heavy atom. The average molecular weight is 488 g/mol. The number of aliphatic hydroxyl groups excluding tert-OH is 1. The molecule has 0 spiro atoms. The molecule has 3 aliphatic rings. The lowest BCUT2D eigenvalue weighted by atomic mass is 9.79. The Bertz CT molecular complexity index is 1090. The van der Waals surface area contributed by atoms with Crippen molar-refractivity contribution in [2.75, 3.05) is 11.9 Å². The van der Waals surface area contributed by atoms with Gasteiger partial charge in [0.05, 0.1) is 23.8 Å². The van der Waals surface area contributed by atoms with Crippen LogP contribution in [0.4, 0.5) is 10.5 Å². The smallest absolute Gasteiger partial charge is 0.408 e. The minimum atomic E-state index is -1.23. The molecule has 0 aliphatic carbocycles. The molecule has 1 aromatic rings. The molecule has 180 valence electrons. The highest BCUT2D eigenvalue weighted by Crippen LogP contribution is 2.51. The maximum atomic E-state index is 12.9. The quantitative estimate of drug-likeness (QED) is 0.388. The fraction of sp³-hybridized carbons (Fsp3) is 0.435. The van der Waals surface area contributed by atoms with Gasteiger partial charge in [-0.05, 0) is 25.5 Å². The highest BCUT2D eigenvalue weighted by Gasteiger charge is 2.59. The first-order chi connectivity index (χ1) is 16.2. The number of benzene rings is 1. The predicted octanol–water partition coefficient (Wildman–Crippen LogP) is 1.56. The summed E-state index contributed by atoms with van der Waals surface area (Å²) in [5.41, 5.74) is 1.02. The Hall–Kier alpha value is -3.18. The van der Waals surface area contributed by atoms with Crippen LogP contribution in [0, 0.1) is 11.8 Å². The van der Waals surface area contributed by atoms with E-state index in [0.29, 0.717) is 28.7 Å². The van der Waals surface area contributed by atoms with Crippen molar-refractivity contribution in [1.29, 1.82) is 0 Å². The molecule has 11 heteroatoms. The minimum absolute atomic E-state index is 0.0767. The molecular weight excluding hydrogens is 462 g/mol. The number of fused-ring (bicyclic) bond motifs is 1. The molecule has 0 unspecified atom stereocenters. The number of nitrogens with one attached hydrogen (secondary N) is 1. The van der Waals surface area contributed by atoms with E-state index in [1.165, 1.54) is 22.7 Å². The van der Waals surface area contributed by atoms with E-state index in [9.17, 15) is 34.2 Å². The van der Waals surface area contributed by atoms with Gasteiger partial charge in [-0.25, -0.2) is 4.79 Å². The predicted molar refractivity (Wildman–Crippen MR) is 123 cm³/mol. The molecule has 0 aromatic heterocycles. The third kappa shape index (κ3) is 3.98. The molecule has 3 N–H and O–H groups in total. The summed E-state index contributed by atoms with van der Waals surface area (Å²) in [7, 11) is 0. The number of aldehydes is 2. The molecular formula is C23H25N3O7S. The summed E-state index contributed by atoms with van der Waals surface area (Å²) < 4.78 is 0. The van der Waals surface area contributed by atoms with Crippen LogP contribution in [0.15, 0.2) is 34.9 Å². The van der Waals surface area contributed by atoms with Crippen LogP contribution in [0.25, 0.3) is 0 Å². The molecule has 2 fully saturated rings. The van der Waals surface area contributed by atoms with Crippen LogP contribution in [0.5, 0.6) is 0 Å². The van der Waals surface area contributed by atoms with Gasteiger partial charge in [-0.15, -0.1) is 11.8 Å². The van der Waals surface area contributed by atoms with Crippen LogP contribution in [0.2, 0.25) is 0 Å². The number of anilines is 1. The first kappa shape index (κ1) is 24.0. The zero-order chi connectivity index (χ0) is 24.7. The maximum absolute atomic E-state index is 12.9. The molecule has 0 bridgehead atoms. The minimum Gasteiger partial charge on any atom is -0.465 e. The second kappa shape index (κ2) is 9.22. The standard InChI is InChI=1S/C23H25N3O7S/c1-11-19-18(12(2)29)22(31)26(19)17(10-28)20(11)34-15-7-16(25(8-15)23(32)33)21(30)24-14-5-3-4-13(6-14)9-27/h3-6,9-12,15-16,18-19,29H,7-8H2,1-2H3,(H,24,30)(H,32,33)/t11-,12-,15+,16+,18-,19-/m1/s1. The topological polar surface area (TPSA) is 144 Å². The van der Waals surface area contributed by atoms with Crippen LogP contribution in [-0.4, -0.2) is 80.5 Å². The van der Waals surface area contributed by atoms with Crippen molar-refractivity contribution in [3.05, 3.63) is 40.4 Å². The molecule has 10 nitrogen and oxygen atoms in total. The number of rotatable bonds is 7. The van der Waals surface area contributed by atoms with Gasteiger partial charge in [0.25, 0.3) is 0 Å². The van der Waals surface area contributed by atoms with E-state index in [4.69, 9.17) is 0 Å². The summed E-state index contributed by atoms with van der Waals surface area (Å²) in [4.78, 5) is 63.2. The number of β-lactam (4-membered cyclic amide) rings is 1. The Balaban J connectivity index is 1.51. The number of allylic oxidation sites excluding steroid dienone is 1. The van der Waals surface area contributed by atoms with Gasteiger partial charge in [0.15, 0.2) is 6.29 Å². The van der Waals surface area contributed by atoms with E-state index in [0.717, 1.165) is 4.90 Å². The lowest BCUT2D eigenvalue weighted by Gasteiger charge is -2.46. The van der Waals surface area contributed by atoms with E-state index < -0.39 is 30.1 Å². The molecule has 6 atom stereocenters. The van der Waals surface area contributed by atoms with E-state index in [1.807, 2.05) is 6.92 Å². The number of aliphatic hydroxyl groups is 1. The Morgan fingerprint density at radius 2 is 2.00 bits per heavy atom. The van der Waals surface area contributed by atoms with Crippen LogP contribution >= 0.6 is 11.8 Å². The Labute approximate surface area is 200 Å². The molecule has 3 heterocycles. The normalized spacial score (nSPS) is 28.9. The second-order valence-corrected chi connectivity index (χ2v) is 10.1. The van der Waals surface area contributed by atoms with Gasteiger partial charge in [-0.1, -0.05) is 19.1 Å². The largest absolute Gasteiger partial charge is 0.465 e. The van der Waals surface area contributed by atoms with Gasteiger partial charge >= 0.3 is 6.09 Å². The highest BCUT2D eigenvalue weighted by molar-refractivity contribution is 8.03. The number of carboxylic acid groups (broad SMARTS) is 1. The zero-order valence-electron chi connectivity index (χ0n) is 18.6. The van der Waals surface area contributed by atoms with Crippen molar-refractivity contribution >= 4 is 47.9 Å². The average Bonchev–Trinajstić information content (AvgIpc) is 3.32. The fourth-order valence-electron chi connectivity index (χ4n) is 5.06. The van der Waals surface area contributed by atoms with Gasteiger partial charge in [-0.3, -0.25) is 24.1 Å². The van der Waals surface area contributed by atoms with Crippen LogP contribution in [0.1, 0.15) is 30.6 Å². The Morgan fingerprint density at radius 3 is 2.62 bits per heavy atom. The summed E-state index contributed by atoms with van der Waals surface area (Å²) >= 11 is 1.32. The van der Waals surface area contributed by atoms with Gasteiger partial charge in [-0.2, -0.15) is 0 Å². The molecule has 1 aromatic carbocycles. The molecule has 4 rings (SSSR count). The number of likely N-dealkylation sites (tertiary alicyclic amines) is 1. The van der Waals surface area contributed by atoms with E-state index in [-0.39, 0.29) is 41.8 Å². The lowest BCUT2D eigenvalue weighted by molar-refractivity contribution is -0.160. The first-order valence-electron chi connectivity index (χ1n) is 10.9. The van der Waals surface area contributed by atoms with Crippen molar-refractivity contribution in [3.8, 4) is 0 Å². The summed E-state index contributed by atoms with van der Waals surface area (Å²) in [5, 5.41) is 22.0. The van der Waals surface area contributed by atoms with E-state index in [2.05, 4.69) is 5.32 Å². The van der Waals surface area contributed by atoms with Gasteiger partial charge in [0, 0.05) is 33.9 Å². The van der Waals surface area contributed by atoms with Crippen molar-refractivity contribution in [2.24, 2.45) is 11.8 Å². The monoisotopic (exact) mass is 487 g/mol. The number of thioether (sulfide) groups is 1.